The maximum Gasteiger partial charge on any atom is 0.343 e. The van der Waals surface area contributed by atoms with Crippen LogP contribution >= 0.6 is 0 Å². The average molecular weight is 307 g/mol. The Hall–Kier alpha value is -3.11. The molecule has 0 saturated heterocycles. The zero-order chi connectivity index (χ0) is 16.7. The van der Waals surface area contributed by atoms with Crippen LogP contribution in [0, 0.1) is 29.0 Å². The highest BCUT2D eigenvalue weighted by molar-refractivity contribution is 5.91. The molecule has 23 heavy (non-hydrogen) atoms. The van der Waals surface area contributed by atoms with Crippen LogP contribution in [0.25, 0.3) is 0 Å². The molecule has 2 aromatic carbocycles. The molecule has 3 nitrogen and oxygen atoms in total. The van der Waals surface area contributed by atoms with Crippen LogP contribution in [0.5, 0.6) is 5.75 Å². The molecular weight excluding hydrogens is 293 g/mol. The largest absolute Gasteiger partial charge is 0.423 e. The van der Waals surface area contributed by atoms with Crippen LogP contribution < -0.4 is 4.74 Å². The fourth-order valence-corrected chi connectivity index (χ4v) is 2.02. The predicted molar refractivity (Wildman–Crippen MR) is 84.3 cm³/mol. The second-order valence-corrected chi connectivity index (χ2v) is 4.84. The number of carbonyl (C=O) groups excluding carboxylic acids is 1. The Balaban J connectivity index is 2.11. The average Bonchev–Trinajstić information content (AvgIpc) is 2.55. The Bertz CT molecular complexity index is 808. The number of rotatable bonds is 4. The van der Waals surface area contributed by atoms with Crippen molar-refractivity contribution < 1.29 is 13.9 Å². The quantitative estimate of drug-likeness (QED) is 0.489. The van der Waals surface area contributed by atoms with Gasteiger partial charge in [-0.25, -0.2) is 9.18 Å². The first-order valence-electron chi connectivity index (χ1n) is 7.15. The minimum absolute atomic E-state index is 0.0790. The summed E-state index contributed by atoms with van der Waals surface area (Å²) < 4.78 is 18.9. The molecule has 0 amide bonds. The highest BCUT2D eigenvalue weighted by Gasteiger charge is 2.10. The molecule has 0 aliphatic rings. The zero-order valence-corrected chi connectivity index (χ0v) is 12.6. The van der Waals surface area contributed by atoms with E-state index in [0.717, 1.165) is 24.5 Å². The Morgan fingerprint density at radius 1 is 1.22 bits per heavy atom. The number of nitrogens with zero attached hydrogens (tertiary/aromatic N) is 1. The first-order valence-corrected chi connectivity index (χ1v) is 7.15. The van der Waals surface area contributed by atoms with Gasteiger partial charge in [-0.3, -0.25) is 0 Å². The molecule has 4 heteroatoms. The van der Waals surface area contributed by atoms with E-state index in [4.69, 9.17) is 10.00 Å². The van der Waals surface area contributed by atoms with E-state index in [1.807, 2.05) is 12.1 Å². The number of esters is 1. The van der Waals surface area contributed by atoms with Crippen molar-refractivity contribution in [3.63, 3.8) is 0 Å². The Kier molecular flexibility index (Phi) is 5.50. The SMILES string of the molecule is CCCc1ccc(C(=O)Oc2ccc(C#CC#N)c(F)c2)cc1. The minimum atomic E-state index is -0.642. The smallest absolute Gasteiger partial charge is 0.343 e. The van der Waals surface area contributed by atoms with Crippen LogP contribution in [0.15, 0.2) is 42.5 Å². The van der Waals surface area contributed by atoms with Crippen molar-refractivity contribution in [2.24, 2.45) is 0 Å². The first-order chi connectivity index (χ1) is 11.1. The van der Waals surface area contributed by atoms with E-state index in [-0.39, 0.29) is 11.3 Å². The third kappa shape index (κ3) is 4.43. The number of hydrogen-bond donors (Lipinski definition) is 0. The molecule has 0 unspecified atom stereocenters. The Labute approximate surface area is 134 Å². The highest BCUT2D eigenvalue weighted by atomic mass is 19.1. The minimum Gasteiger partial charge on any atom is -0.423 e. The van der Waals surface area contributed by atoms with Gasteiger partial charge in [0.05, 0.1) is 11.1 Å². The Morgan fingerprint density at radius 3 is 2.57 bits per heavy atom. The van der Waals surface area contributed by atoms with Gasteiger partial charge < -0.3 is 4.74 Å². The molecule has 2 rings (SSSR count). The standard InChI is InChI=1S/C19H14FNO2/c1-2-4-14-6-8-16(9-7-14)19(22)23-17-11-10-15(5-3-12-21)18(20)13-17/h6-11,13H,2,4H2,1H3. The lowest BCUT2D eigenvalue weighted by Crippen LogP contribution is -2.08. The van der Waals surface area contributed by atoms with Crippen molar-refractivity contribution in [3.8, 4) is 23.7 Å². The van der Waals surface area contributed by atoms with Gasteiger partial charge in [-0.2, -0.15) is 5.26 Å². The Morgan fingerprint density at radius 2 is 1.96 bits per heavy atom. The van der Waals surface area contributed by atoms with Gasteiger partial charge in [0.2, 0.25) is 0 Å². The molecule has 0 fully saturated rings. The second kappa shape index (κ2) is 7.77. The third-order valence-electron chi connectivity index (χ3n) is 3.13. The molecule has 114 valence electrons. The van der Waals surface area contributed by atoms with Crippen molar-refractivity contribution in [1.82, 2.24) is 0 Å². The normalized spacial score (nSPS) is 9.43. The number of aryl methyl sites for hydroxylation is 1. The summed E-state index contributed by atoms with van der Waals surface area (Å²) in [6.45, 7) is 2.08. The van der Waals surface area contributed by atoms with Crippen LogP contribution in [0.4, 0.5) is 4.39 Å². The maximum absolute atomic E-state index is 13.8. The molecule has 0 radical (unpaired) electrons. The van der Waals surface area contributed by atoms with Gasteiger partial charge in [0.1, 0.15) is 11.6 Å². The topological polar surface area (TPSA) is 50.1 Å². The summed E-state index contributed by atoms with van der Waals surface area (Å²) >= 11 is 0. The molecule has 0 saturated carbocycles. The summed E-state index contributed by atoms with van der Waals surface area (Å²) in [6, 6.07) is 12.6. The summed E-state index contributed by atoms with van der Waals surface area (Å²) in [5, 5.41) is 8.36. The fourth-order valence-electron chi connectivity index (χ4n) is 2.02. The molecule has 0 aliphatic heterocycles. The van der Waals surface area contributed by atoms with Gasteiger partial charge in [-0.05, 0) is 42.2 Å². The lowest BCUT2D eigenvalue weighted by atomic mass is 10.1. The van der Waals surface area contributed by atoms with Crippen LogP contribution in [-0.2, 0) is 6.42 Å². The molecule has 0 N–H and O–H groups in total. The molecular formula is C19H14FNO2. The number of benzene rings is 2. The number of hydrogen-bond acceptors (Lipinski definition) is 3. The number of carbonyl (C=O) groups is 1. The summed E-state index contributed by atoms with van der Waals surface area (Å²) in [5.41, 5.74) is 1.63. The number of ether oxygens (including phenoxy) is 1. The van der Waals surface area contributed by atoms with Gasteiger partial charge in [0.25, 0.3) is 0 Å². The van der Waals surface area contributed by atoms with Gasteiger partial charge in [0, 0.05) is 12.0 Å². The van der Waals surface area contributed by atoms with Gasteiger partial charge in [-0.1, -0.05) is 25.5 Å². The summed E-state index contributed by atoms with van der Waals surface area (Å²) in [6.07, 6.45) is 1.98. The van der Waals surface area contributed by atoms with Gasteiger partial charge in [-0.15, -0.1) is 0 Å². The number of halogens is 1. The van der Waals surface area contributed by atoms with E-state index >= 15 is 0 Å². The van der Waals surface area contributed by atoms with Gasteiger partial charge in [0.15, 0.2) is 6.07 Å². The molecule has 0 atom stereocenters. The van der Waals surface area contributed by atoms with Crippen molar-refractivity contribution in [1.29, 1.82) is 5.26 Å². The highest BCUT2D eigenvalue weighted by Crippen LogP contribution is 2.18. The van der Waals surface area contributed by atoms with E-state index in [2.05, 4.69) is 18.8 Å². The summed E-state index contributed by atoms with van der Waals surface area (Å²) in [7, 11) is 0. The van der Waals surface area contributed by atoms with E-state index in [1.54, 1.807) is 18.2 Å². The van der Waals surface area contributed by atoms with Crippen molar-refractivity contribution in [2.75, 3.05) is 0 Å². The van der Waals surface area contributed by atoms with Crippen LogP contribution in [0.1, 0.15) is 34.8 Å². The molecule has 0 aromatic heterocycles. The monoisotopic (exact) mass is 307 g/mol. The summed E-state index contributed by atoms with van der Waals surface area (Å²) in [4.78, 5) is 12.0. The first kappa shape index (κ1) is 16.3. The molecule has 0 heterocycles. The predicted octanol–water partition coefficient (Wildman–Crippen LogP) is 3.87. The van der Waals surface area contributed by atoms with E-state index in [0.29, 0.717) is 5.56 Å². The van der Waals surface area contributed by atoms with Crippen molar-refractivity contribution in [2.45, 2.75) is 19.8 Å². The zero-order valence-electron chi connectivity index (χ0n) is 12.6. The second-order valence-electron chi connectivity index (χ2n) is 4.84. The van der Waals surface area contributed by atoms with E-state index < -0.39 is 11.8 Å². The van der Waals surface area contributed by atoms with Crippen molar-refractivity contribution >= 4 is 5.97 Å². The van der Waals surface area contributed by atoms with Crippen LogP contribution in [-0.4, -0.2) is 5.97 Å². The van der Waals surface area contributed by atoms with Crippen molar-refractivity contribution in [3.05, 3.63) is 65.0 Å². The van der Waals surface area contributed by atoms with E-state index in [1.165, 1.54) is 12.1 Å². The van der Waals surface area contributed by atoms with Crippen LogP contribution in [0.3, 0.4) is 0 Å². The molecule has 0 spiro atoms. The third-order valence-corrected chi connectivity index (χ3v) is 3.13. The molecule has 2 aromatic rings. The summed E-state index contributed by atoms with van der Waals surface area (Å²) in [5.74, 6) is 3.38. The van der Waals surface area contributed by atoms with E-state index in [9.17, 15) is 9.18 Å². The molecule has 0 bridgehead atoms. The maximum atomic E-state index is 13.8. The number of nitriles is 1. The van der Waals surface area contributed by atoms with Crippen LogP contribution in [0.2, 0.25) is 0 Å². The molecule has 0 aliphatic carbocycles. The lowest BCUT2D eigenvalue weighted by molar-refractivity contribution is 0.0734. The van der Waals surface area contributed by atoms with Gasteiger partial charge >= 0.3 is 5.97 Å². The fraction of sp³-hybridized carbons (Fsp3) is 0.158. The lowest BCUT2D eigenvalue weighted by Gasteiger charge is -2.06.